The van der Waals surface area contributed by atoms with Crippen molar-refractivity contribution in [3.8, 4) is 11.4 Å². The summed E-state index contributed by atoms with van der Waals surface area (Å²) in [5, 5.41) is -0.671. The Morgan fingerprint density at radius 1 is 1.14 bits per heavy atom. The molecule has 0 saturated carbocycles. The van der Waals surface area contributed by atoms with E-state index >= 15 is 0 Å². The molecular formula is C26H25F5N2O4. The second-order valence-electron chi connectivity index (χ2n) is 8.89. The number of carbonyl (C=O) groups is 1. The average Bonchev–Trinajstić information content (AvgIpc) is 2.84. The van der Waals surface area contributed by atoms with E-state index in [1.54, 1.807) is 24.3 Å². The molecule has 0 N–H and O–H groups in total. The first kappa shape index (κ1) is 26.6. The molecule has 1 aliphatic rings. The number of benzene rings is 2. The standard InChI is InChI=1S/C26H25F5N2O4/c1-3-36-25(35)19-14-33(17-9-7-16(8-10-17)13-32-11-5-4-6-15(32)2)22-18(23(19)34)12-20(27)21(28)24(22)37-26(29,30)31/h7-10,12,14-15H,3-6,11,13H2,1-2H3/t15-/m0/s1. The van der Waals surface area contributed by atoms with E-state index in [0.29, 0.717) is 18.7 Å². The molecule has 6 nitrogen and oxygen atoms in total. The number of hydrogen-bond acceptors (Lipinski definition) is 5. The van der Waals surface area contributed by atoms with Gasteiger partial charge in [0.1, 0.15) is 11.1 Å². The Morgan fingerprint density at radius 2 is 1.84 bits per heavy atom. The van der Waals surface area contributed by atoms with Gasteiger partial charge in [0, 0.05) is 24.5 Å². The molecule has 3 aromatic rings. The summed E-state index contributed by atoms with van der Waals surface area (Å²) in [6.07, 6.45) is -1.09. The normalized spacial score (nSPS) is 16.7. The molecule has 0 amide bonds. The lowest BCUT2D eigenvalue weighted by atomic mass is 10.0. The van der Waals surface area contributed by atoms with Gasteiger partial charge in [0.25, 0.3) is 0 Å². The zero-order valence-corrected chi connectivity index (χ0v) is 20.2. The van der Waals surface area contributed by atoms with Gasteiger partial charge in [-0.3, -0.25) is 9.69 Å². The minimum Gasteiger partial charge on any atom is -0.462 e. The van der Waals surface area contributed by atoms with Crippen LogP contribution in [0.3, 0.4) is 0 Å². The number of ether oxygens (including phenoxy) is 2. The van der Waals surface area contributed by atoms with E-state index in [0.717, 1.165) is 42.1 Å². The maximum Gasteiger partial charge on any atom is 0.573 e. The smallest absolute Gasteiger partial charge is 0.462 e. The van der Waals surface area contributed by atoms with E-state index < -0.39 is 51.6 Å². The number of esters is 1. The van der Waals surface area contributed by atoms with Crippen LogP contribution >= 0.6 is 0 Å². The van der Waals surface area contributed by atoms with Crippen molar-refractivity contribution in [2.24, 2.45) is 0 Å². The van der Waals surface area contributed by atoms with Crippen molar-refractivity contribution in [3.63, 3.8) is 0 Å². The number of aromatic nitrogens is 1. The highest BCUT2D eigenvalue weighted by Crippen LogP contribution is 2.35. The minimum atomic E-state index is -5.38. The van der Waals surface area contributed by atoms with Crippen LogP contribution in [-0.2, 0) is 11.3 Å². The molecule has 1 aromatic heterocycles. The maximum absolute atomic E-state index is 14.6. The van der Waals surface area contributed by atoms with E-state index in [9.17, 15) is 31.5 Å². The number of piperidine rings is 1. The SMILES string of the molecule is CCOC(=O)c1cn(-c2ccc(CN3CCCC[C@@H]3C)cc2)c2c(OC(F)(F)F)c(F)c(F)cc2c1=O. The van der Waals surface area contributed by atoms with Gasteiger partial charge in [-0.2, -0.15) is 4.39 Å². The highest BCUT2D eigenvalue weighted by molar-refractivity contribution is 5.96. The molecule has 2 heterocycles. The molecule has 0 radical (unpaired) electrons. The third-order valence-corrected chi connectivity index (χ3v) is 6.39. The van der Waals surface area contributed by atoms with E-state index in [2.05, 4.69) is 16.6 Å². The fourth-order valence-corrected chi connectivity index (χ4v) is 4.56. The van der Waals surface area contributed by atoms with Gasteiger partial charge in [-0.05, 0) is 57.0 Å². The summed E-state index contributed by atoms with van der Waals surface area (Å²) in [6, 6.07) is 7.46. The summed E-state index contributed by atoms with van der Waals surface area (Å²) >= 11 is 0. The van der Waals surface area contributed by atoms with Gasteiger partial charge in [-0.1, -0.05) is 18.6 Å². The van der Waals surface area contributed by atoms with Gasteiger partial charge in [0.15, 0.2) is 11.6 Å². The molecule has 0 aliphatic carbocycles. The first-order chi connectivity index (χ1) is 17.5. The minimum absolute atomic E-state index is 0.0832. The third kappa shape index (κ3) is 5.61. The summed E-state index contributed by atoms with van der Waals surface area (Å²) in [7, 11) is 0. The highest BCUT2D eigenvalue weighted by Gasteiger charge is 2.36. The van der Waals surface area contributed by atoms with Gasteiger partial charge < -0.3 is 14.0 Å². The van der Waals surface area contributed by atoms with Crippen LogP contribution in [0.25, 0.3) is 16.6 Å². The van der Waals surface area contributed by atoms with Crippen LogP contribution in [0.15, 0.2) is 41.3 Å². The van der Waals surface area contributed by atoms with Crippen molar-refractivity contribution in [1.82, 2.24) is 9.47 Å². The quantitative estimate of drug-likeness (QED) is 0.305. The molecule has 0 spiro atoms. The first-order valence-corrected chi connectivity index (χ1v) is 11.8. The number of likely N-dealkylation sites (tertiary alicyclic amines) is 1. The van der Waals surface area contributed by atoms with Gasteiger partial charge in [0.05, 0.1) is 12.0 Å². The van der Waals surface area contributed by atoms with Gasteiger partial charge in [-0.15, -0.1) is 13.2 Å². The number of pyridine rings is 1. The molecule has 0 bridgehead atoms. The predicted molar refractivity (Wildman–Crippen MR) is 126 cm³/mol. The number of fused-ring (bicyclic) bond motifs is 1. The molecule has 0 unspecified atom stereocenters. The second kappa shape index (κ2) is 10.5. The largest absolute Gasteiger partial charge is 0.573 e. The van der Waals surface area contributed by atoms with Crippen molar-refractivity contribution in [2.45, 2.75) is 52.1 Å². The Balaban J connectivity index is 1.90. The summed E-state index contributed by atoms with van der Waals surface area (Å²) in [4.78, 5) is 27.7. The fraction of sp³-hybridized carbons (Fsp3) is 0.385. The number of nitrogens with zero attached hydrogens (tertiary/aromatic N) is 2. The molecule has 37 heavy (non-hydrogen) atoms. The third-order valence-electron chi connectivity index (χ3n) is 6.39. The van der Waals surface area contributed by atoms with Crippen molar-refractivity contribution in [1.29, 1.82) is 0 Å². The van der Waals surface area contributed by atoms with Crippen LogP contribution in [0.2, 0.25) is 0 Å². The Labute approximate surface area is 209 Å². The summed E-state index contributed by atoms with van der Waals surface area (Å²) in [5.74, 6) is -6.22. The fourth-order valence-electron chi connectivity index (χ4n) is 4.56. The lowest BCUT2D eigenvalue weighted by molar-refractivity contribution is -0.275. The molecule has 4 rings (SSSR count). The van der Waals surface area contributed by atoms with E-state index in [-0.39, 0.29) is 12.3 Å². The summed E-state index contributed by atoms with van der Waals surface area (Å²) < 4.78 is 78.1. The summed E-state index contributed by atoms with van der Waals surface area (Å²) in [6.45, 7) is 5.17. The first-order valence-electron chi connectivity index (χ1n) is 11.8. The van der Waals surface area contributed by atoms with Crippen LogP contribution in [0.4, 0.5) is 22.0 Å². The lowest BCUT2D eigenvalue weighted by Crippen LogP contribution is -2.36. The molecule has 11 heteroatoms. The Bertz CT molecular complexity index is 1370. The Morgan fingerprint density at radius 3 is 2.46 bits per heavy atom. The van der Waals surface area contributed by atoms with Crippen LogP contribution in [-0.4, -0.2) is 41.0 Å². The maximum atomic E-state index is 14.6. The monoisotopic (exact) mass is 524 g/mol. The molecule has 2 aromatic carbocycles. The van der Waals surface area contributed by atoms with Crippen LogP contribution in [0.5, 0.6) is 5.75 Å². The Kier molecular flexibility index (Phi) is 7.54. The van der Waals surface area contributed by atoms with Crippen molar-refractivity contribution >= 4 is 16.9 Å². The zero-order valence-electron chi connectivity index (χ0n) is 20.2. The molecule has 1 saturated heterocycles. The van der Waals surface area contributed by atoms with Crippen molar-refractivity contribution in [2.75, 3.05) is 13.2 Å². The Hall–Kier alpha value is -3.47. The topological polar surface area (TPSA) is 60.8 Å². The van der Waals surface area contributed by atoms with Crippen molar-refractivity contribution < 1.29 is 36.2 Å². The lowest BCUT2D eigenvalue weighted by Gasteiger charge is -2.33. The molecule has 1 atom stereocenters. The molecule has 198 valence electrons. The zero-order chi connectivity index (χ0) is 26.9. The number of carbonyl (C=O) groups excluding carboxylic acids is 1. The number of alkyl halides is 3. The second-order valence-corrected chi connectivity index (χ2v) is 8.89. The van der Waals surface area contributed by atoms with Gasteiger partial charge in [-0.25, -0.2) is 9.18 Å². The summed E-state index contributed by atoms with van der Waals surface area (Å²) in [5.41, 5.74) is -1.22. The highest BCUT2D eigenvalue weighted by atomic mass is 19.4. The average molecular weight is 524 g/mol. The number of hydrogen-bond donors (Lipinski definition) is 0. The van der Waals surface area contributed by atoms with E-state index in [1.165, 1.54) is 6.92 Å². The van der Waals surface area contributed by atoms with Crippen LogP contribution in [0, 0.1) is 11.6 Å². The van der Waals surface area contributed by atoms with Crippen LogP contribution in [0.1, 0.15) is 49.0 Å². The molecule has 1 aliphatic heterocycles. The van der Waals surface area contributed by atoms with Crippen molar-refractivity contribution in [3.05, 3.63) is 69.5 Å². The number of rotatable bonds is 6. The van der Waals surface area contributed by atoms with E-state index in [1.807, 2.05) is 0 Å². The molecular weight excluding hydrogens is 499 g/mol. The van der Waals surface area contributed by atoms with Gasteiger partial charge in [0.2, 0.25) is 11.2 Å². The van der Waals surface area contributed by atoms with E-state index in [4.69, 9.17) is 4.74 Å². The predicted octanol–water partition coefficient (Wildman–Crippen LogP) is 5.72. The van der Waals surface area contributed by atoms with Crippen LogP contribution < -0.4 is 10.2 Å². The molecule has 1 fully saturated rings. The number of halogens is 5. The van der Waals surface area contributed by atoms with Gasteiger partial charge >= 0.3 is 12.3 Å².